The lowest BCUT2D eigenvalue weighted by atomic mass is 9.95. The molecule has 0 atom stereocenters. The molecule has 0 amide bonds. The average molecular weight is 381 g/mol. The van der Waals surface area contributed by atoms with Crippen LogP contribution in [0, 0.1) is 0 Å². The molecule has 0 unspecified atom stereocenters. The first kappa shape index (κ1) is 18.7. The fraction of sp³-hybridized carbons (Fsp3) is 0.524. The highest BCUT2D eigenvalue weighted by Crippen LogP contribution is 2.28. The molecule has 7 nitrogen and oxygen atoms in total. The van der Waals surface area contributed by atoms with E-state index in [9.17, 15) is 4.79 Å². The van der Waals surface area contributed by atoms with E-state index < -0.39 is 0 Å². The van der Waals surface area contributed by atoms with Gasteiger partial charge in [-0.3, -0.25) is 4.79 Å². The molecule has 0 saturated heterocycles. The molecule has 0 aliphatic heterocycles. The van der Waals surface area contributed by atoms with Gasteiger partial charge in [0.15, 0.2) is 5.82 Å². The Bertz CT molecular complexity index is 988. The summed E-state index contributed by atoms with van der Waals surface area (Å²) in [6, 6.07) is 7.95. The highest BCUT2D eigenvalue weighted by molar-refractivity contribution is 5.83. The van der Waals surface area contributed by atoms with E-state index >= 15 is 0 Å². The van der Waals surface area contributed by atoms with Crippen molar-refractivity contribution in [3.63, 3.8) is 0 Å². The van der Waals surface area contributed by atoms with Crippen molar-refractivity contribution in [3.05, 3.63) is 46.0 Å². The molecule has 148 valence electrons. The number of benzene rings is 1. The normalized spacial score (nSPS) is 15.2. The molecular weight excluding hydrogens is 354 g/mol. The SMILES string of the molecule is CCc1cc(=O)[nH]c2ccc(OCCCc3nnnn3C3CCCCC3)cc12. The van der Waals surface area contributed by atoms with Crippen LogP contribution in [0.2, 0.25) is 0 Å². The molecule has 1 aliphatic rings. The van der Waals surface area contributed by atoms with Gasteiger partial charge in [-0.25, -0.2) is 4.68 Å². The molecule has 1 N–H and O–H groups in total. The van der Waals surface area contributed by atoms with E-state index in [-0.39, 0.29) is 5.56 Å². The Labute approximate surface area is 164 Å². The van der Waals surface area contributed by atoms with E-state index in [1.54, 1.807) is 6.07 Å². The third kappa shape index (κ3) is 4.08. The van der Waals surface area contributed by atoms with Crippen LogP contribution >= 0.6 is 0 Å². The molecule has 2 heterocycles. The maximum atomic E-state index is 11.7. The summed E-state index contributed by atoms with van der Waals surface area (Å²) in [4.78, 5) is 14.6. The van der Waals surface area contributed by atoms with Crippen molar-refractivity contribution in [1.29, 1.82) is 0 Å². The van der Waals surface area contributed by atoms with Gasteiger partial charge in [0.1, 0.15) is 5.75 Å². The molecule has 0 spiro atoms. The molecule has 1 fully saturated rings. The van der Waals surface area contributed by atoms with E-state index in [4.69, 9.17) is 4.74 Å². The molecule has 4 rings (SSSR count). The summed E-state index contributed by atoms with van der Waals surface area (Å²) < 4.78 is 7.98. The molecule has 1 aromatic carbocycles. The molecule has 2 aromatic heterocycles. The van der Waals surface area contributed by atoms with Crippen LogP contribution in [0.3, 0.4) is 0 Å². The number of rotatable bonds is 7. The predicted molar refractivity (Wildman–Crippen MR) is 108 cm³/mol. The van der Waals surface area contributed by atoms with Crippen LogP contribution < -0.4 is 10.3 Å². The second kappa shape index (κ2) is 8.54. The van der Waals surface area contributed by atoms with Crippen LogP contribution in [-0.4, -0.2) is 31.8 Å². The first-order valence-corrected chi connectivity index (χ1v) is 10.3. The summed E-state index contributed by atoms with van der Waals surface area (Å²) >= 11 is 0. The topological polar surface area (TPSA) is 85.7 Å². The number of H-pyrrole nitrogens is 1. The number of hydrogen-bond acceptors (Lipinski definition) is 5. The molecule has 1 aliphatic carbocycles. The number of tetrazole rings is 1. The number of aryl methyl sites for hydroxylation is 2. The maximum Gasteiger partial charge on any atom is 0.248 e. The fourth-order valence-corrected chi connectivity index (χ4v) is 4.09. The second-order valence-corrected chi connectivity index (χ2v) is 7.50. The van der Waals surface area contributed by atoms with Crippen molar-refractivity contribution in [2.75, 3.05) is 6.61 Å². The van der Waals surface area contributed by atoms with Crippen molar-refractivity contribution in [2.24, 2.45) is 0 Å². The standard InChI is InChI=1S/C21H27N5O2/c1-2-15-13-21(27)22-19-11-10-17(14-18(15)19)28-12-6-9-20-23-24-25-26(20)16-7-4-3-5-8-16/h10-11,13-14,16H,2-9,12H2,1H3,(H,22,27). The van der Waals surface area contributed by atoms with Gasteiger partial charge in [0, 0.05) is 23.4 Å². The smallest absolute Gasteiger partial charge is 0.248 e. The molecule has 28 heavy (non-hydrogen) atoms. The van der Waals surface area contributed by atoms with Crippen molar-refractivity contribution in [1.82, 2.24) is 25.2 Å². The summed E-state index contributed by atoms with van der Waals surface area (Å²) in [7, 11) is 0. The lowest BCUT2D eigenvalue weighted by Gasteiger charge is -2.22. The molecular formula is C21H27N5O2. The Kier molecular flexibility index (Phi) is 5.69. The zero-order valence-electron chi connectivity index (χ0n) is 16.4. The molecule has 0 radical (unpaired) electrons. The zero-order chi connectivity index (χ0) is 19.3. The number of nitrogens with one attached hydrogen (secondary N) is 1. The number of nitrogens with zero attached hydrogens (tertiary/aromatic N) is 4. The first-order chi connectivity index (χ1) is 13.7. The highest BCUT2D eigenvalue weighted by atomic mass is 16.5. The minimum atomic E-state index is -0.0614. The summed E-state index contributed by atoms with van der Waals surface area (Å²) in [5.41, 5.74) is 1.83. The van der Waals surface area contributed by atoms with Crippen LogP contribution in [-0.2, 0) is 12.8 Å². The van der Waals surface area contributed by atoms with Gasteiger partial charge in [-0.1, -0.05) is 26.2 Å². The van der Waals surface area contributed by atoms with E-state index in [1.807, 2.05) is 22.9 Å². The summed E-state index contributed by atoms with van der Waals surface area (Å²) in [5, 5.41) is 13.4. The van der Waals surface area contributed by atoms with Crippen LogP contribution in [0.1, 0.15) is 62.9 Å². The summed E-state index contributed by atoms with van der Waals surface area (Å²) in [6.45, 7) is 2.66. The Morgan fingerprint density at radius 2 is 2.07 bits per heavy atom. The van der Waals surface area contributed by atoms with Gasteiger partial charge < -0.3 is 9.72 Å². The van der Waals surface area contributed by atoms with Gasteiger partial charge in [-0.15, -0.1) is 5.10 Å². The van der Waals surface area contributed by atoms with Crippen molar-refractivity contribution >= 4 is 10.9 Å². The maximum absolute atomic E-state index is 11.7. The van der Waals surface area contributed by atoms with E-state index in [0.717, 1.165) is 47.3 Å². The number of aromatic nitrogens is 5. The van der Waals surface area contributed by atoms with E-state index in [1.165, 1.54) is 32.1 Å². The van der Waals surface area contributed by atoms with Gasteiger partial charge in [-0.05, 0) is 59.9 Å². The number of ether oxygens (including phenoxy) is 1. The van der Waals surface area contributed by atoms with Crippen molar-refractivity contribution in [2.45, 2.75) is 64.3 Å². The first-order valence-electron chi connectivity index (χ1n) is 10.3. The van der Waals surface area contributed by atoms with Crippen LogP contribution in [0.15, 0.2) is 29.1 Å². The summed E-state index contributed by atoms with van der Waals surface area (Å²) in [5.74, 6) is 1.78. The van der Waals surface area contributed by atoms with E-state index in [2.05, 4.69) is 27.4 Å². The minimum Gasteiger partial charge on any atom is -0.494 e. The Hall–Kier alpha value is -2.70. The Balaban J connectivity index is 1.36. The van der Waals surface area contributed by atoms with Gasteiger partial charge >= 0.3 is 0 Å². The third-order valence-electron chi connectivity index (χ3n) is 5.58. The number of aromatic amines is 1. The quantitative estimate of drug-likeness (QED) is 0.632. The molecule has 3 aromatic rings. The average Bonchev–Trinajstić information content (AvgIpc) is 3.20. The van der Waals surface area contributed by atoms with Gasteiger partial charge in [0.2, 0.25) is 5.56 Å². The van der Waals surface area contributed by atoms with Crippen molar-refractivity contribution in [3.8, 4) is 5.75 Å². The number of hydrogen-bond donors (Lipinski definition) is 1. The zero-order valence-corrected chi connectivity index (χ0v) is 16.4. The van der Waals surface area contributed by atoms with E-state index in [0.29, 0.717) is 12.6 Å². The molecule has 0 bridgehead atoms. The predicted octanol–water partition coefficient (Wildman–Crippen LogP) is 3.59. The van der Waals surface area contributed by atoms with Crippen LogP contribution in [0.25, 0.3) is 10.9 Å². The van der Waals surface area contributed by atoms with Crippen LogP contribution in [0.4, 0.5) is 0 Å². The Morgan fingerprint density at radius 1 is 1.21 bits per heavy atom. The highest BCUT2D eigenvalue weighted by Gasteiger charge is 2.19. The molecule has 7 heteroatoms. The Morgan fingerprint density at radius 3 is 2.89 bits per heavy atom. The third-order valence-corrected chi connectivity index (χ3v) is 5.58. The fourth-order valence-electron chi connectivity index (χ4n) is 4.09. The lowest BCUT2D eigenvalue weighted by Crippen LogP contribution is -2.17. The second-order valence-electron chi connectivity index (χ2n) is 7.50. The van der Waals surface area contributed by atoms with Gasteiger partial charge in [-0.2, -0.15) is 0 Å². The summed E-state index contributed by atoms with van der Waals surface area (Å²) in [6.07, 6.45) is 8.68. The molecule has 1 saturated carbocycles. The van der Waals surface area contributed by atoms with Crippen molar-refractivity contribution < 1.29 is 4.74 Å². The van der Waals surface area contributed by atoms with Crippen LogP contribution in [0.5, 0.6) is 5.75 Å². The van der Waals surface area contributed by atoms with Gasteiger partial charge in [0.05, 0.1) is 12.6 Å². The monoisotopic (exact) mass is 381 g/mol. The minimum absolute atomic E-state index is 0.0614. The number of fused-ring (bicyclic) bond motifs is 1. The van der Waals surface area contributed by atoms with Gasteiger partial charge in [0.25, 0.3) is 0 Å². The number of pyridine rings is 1. The lowest BCUT2D eigenvalue weighted by molar-refractivity contribution is 0.298. The largest absolute Gasteiger partial charge is 0.494 e.